The van der Waals surface area contributed by atoms with Crippen molar-refractivity contribution in [1.29, 1.82) is 0 Å². The average molecular weight is 322 g/mol. The number of aliphatic hydroxyl groups excluding tert-OH is 1. The molecule has 0 spiro atoms. The Hall–Kier alpha value is -1.20. The van der Waals surface area contributed by atoms with Crippen LogP contribution in [0.3, 0.4) is 0 Å². The van der Waals surface area contributed by atoms with Gasteiger partial charge in [0.2, 0.25) is 0 Å². The molecule has 0 aromatic heterocycles. The summed E-state index contributed by atoms with van der Waals surface area (Å²) in [5.74, 6) is 2.47. The van der Waals surface area contributed by atoms with Crippen LogP contribution >= 0.6 is 11.8 Å². The lowest BCUT2D eigenvalue weighted by atomic mass is 9.87. The lowest BCUT2D eigenvalue weighted by Crippen LogP contribution is -2.40. The summed E-state index contributed by atoms with van der Waals surface area (Å²) in [6.45, 7) is 2.41. The van der Waals surface area contributed by atoms with Crippen LogP contribution < -0.4 is 10.6 Å². The standard InChI is InChI=1S/C17H26N2O2S/c1-2-22-12-14-4-3-5-16(10-14)19-17(21)18-15-8-6-13(11-20)7-9-15/h3-5,10,13,15,20H,2,6-9,11-12H2,1H3,(H2,18,19,21). The number of hydrogen-bond acceptors (Lipinski definition) is 3. The van der Waals surface area contributed by atoms with E-state index in [2.05, 4.69) is 23.6 Å². The fraction of sp³-hybridized carbons (Fsp3) is 0.588. The zero-order chi connectivity index (χ0) is 15.8. The molecule has 0 atom stereocenters. The Balaban J connectivity index is 1.79. The van der Waals surface area contributed by atoms with E-state index in [0.717, 1.165) is 42.9 Å². The van der Waals surface area contributed by atoms with Gasteiger partial charge in [-0.05, 0) is 55.1 Å². The Morgan fingerprint density at radius 2 is 2.09 bits per heavy atom. The van der Waals surface area contributed by atoms with Crippen LogP contribution in [0.25, 0.3) is 0 Å². The number of benzene rings is 1. The molecule has 22 heavy (non-hydrogen) atoms. The van der Waals surface area contributed by atoms with E-state index in [0.29, 0.717) is 5.92 Å². The number of anilines is 1. The highest BCUT2D eigenvalue weighted by Crippen LogP contribution is 2.23. The molecule has 1 aliphatic carbocycles. The number of hydrogen-bond donors (Lipinski definition) is 3. The maximum absolute atomic E-state index is 12.1. The van der Waals surface area contributed by atoms with Crippen LogP contribution in [0.5, 0.6) is 0 Å². The predicted molar refractivity (Wildman–Crippen MR) is 93.3 cm³/mol. The van der Waals surface area contributed by atoms with Crippen molar-refractivity contribution >= 4 is 23.5 Å². The predicted octanol–water partition coefficient (Wildman–Crippen LogP) is 3.61. The molecule has 1 aliphatic rings. The van der Waals surface area contributed by atoms with Crippen molar-refractivity contribution in [3.63, 3.8) is 0 Å². The molecule has 1 saturated carbocycles. The van der Waals surface area contributed by atoms with Crippen molar-refractivity contribution in [1.82, 2.24) is 5.32 Å². The Morgan fingerprint density at radius 1 is 1.32 bits per heavy atom. The number of amides is 2. The smallest absolute Gasteiger partial charge is 0.319 e. The highest BCUT2D eigenvalue weighted by Gasteiger charge is 2.21. The molecule has 0 aliphatic heterocycles. The van der Waals surface area contributed by atoms with Crippen LogP contribution in [0, 0.1) is 5.92 Å². The summed E-state index contributed by atoms with van der Waals surface area (Å²) >= 11 is 1.87. The van der Waals surface area contributed by atoms with Gasteiger partial charge in [0, 0.05) is 24.1 Å². The molecule has 0 saturated heterocycles. The normalized spacial score (nSPS) is 21.4. The Morgan fingerprint density at radius 3 is 2.77 bits per heavy atom. The zero-order valence-electron chi connectivity index (χ0n) is 13.2. The third-order valence-corrected chi connectivity index (χ3v) is 5.04. The van der Waals surface area contributed by atoms with Gasteiger partial charge in [0.15, 0.2) is 0 Å². The second-order valence-corrected chi connectivity index (χ2v) is 7.11. The summed E-state index contributed by atoms with van der Waals surface area (Å²) in [6.07, 6.45) is 3.88. The molecule has 1 fully saturated rings. The first-order chi connectivity index (χ1) is 10.7. The molecule has 1 aromatic carbocycles. The van der Waals surface area contributed by atoms with Crippen molar-refractivity contribution in [2.45, 2.75) is 44.4 Å². The molecule has 3 N–H and O–H groups in total. The summed E-state index contributed by atoms with van der Waals surface area (Å²) in [5.41, 5.74) is 2.07. The van der Waals surface area contributed by atoms with E-state index in [1.54, 1.807) is 0 Å². The van der Waals surface area contributed by atoms with Crippen LogP contribution in [0.1, 0.15) is 38.2 Å². The van der Waals surface area contributed by atoms with Gasteiger partial charge in [0.1, 0.15) is 0 Å². The fourth-order valence-electron chi connectivity index (χ4n) is 2.80. The number of rotatable bonds is 6. The van der Waals surface area contributed by atoms with Gasteiger partial charge < -0.3 is 15.7 Å². The molecule has 122 valence electrons. The summed E-state index contributed by atoms with van der Waals surface area (Å²) < 4.78 is 0. The quantitative estimate of drug-likeness (QED) is 0.750. The Bertz CT molecular complexity index is 473. The van der Waals surface area contributed by atoms with E-state index >= 15 is 0 Å². The molecule has 2 amide bonds. The van der Waals surface area contributed by atoms with E-state index in [-0.39, 0.29) is 18.7 Å². The molecule has 5 heteroatoms. The molecule has 0 heterocycles. The fourth-order valence-corrected chi connectivity index (χ4v) is 3.42. The van der Waals surface area contributed by atoms with E-state index in [9.17, 15) is 4.79 Å². The van der Waals surface area contributed by atoms with E-state index in [1.807, 2.05) is 30.0 Å². The monoisotopic (exact) mass is 322 g/mol. The highest BCUT2D eigenvalue weighted by atomic mass is 32.2. The van der Waals surface area contributed by atoms with Gasteiger partial charge in [-0.3, -0.25) is 0 Å². The Labute approximate surface area is 137 Å². The average Bonchev–Trinajstić information content (AvgIpc) is 2.54. The second kappa shape index (κ2) is 9.06. The summed E-state index contributed by atoms with van der Waals surface area (Å²) in [4.78, 5) is 12.1. The van der Waals surface area contributed by atoms with Crippen molar-refractivity contribution in [3.8, 4) is 0 Å². The second-order valence-electron chi connectivity index (χ2n) is 5.84. The summed E-state index contributed by atoms with van der Waals surface area (Å²) in [6, 6.07) is 8.11. The zero-order valence-corrected chi connectivity index (χ0v) is 14.0. The number of thioether (sulfide) groups is 1. The molecular formula is C17H26N2O2S. The van der Waals surface area contributed by atoms with Gasteiger partial charge in [-0.15, -0.1) is 0 Å². The minimum Gasteiger partial charge on any atom is -0.396 e. The molecule has 0 radical (unpaired) electrons. The lowest BCUT2D eigenvalue weighted by molar-refractivity contribution is 0.176. The third-order valence-electron chi connectivity index (χ3n) is 4.10. The van der Waals surface area contributed by atoms with Gasteiger partial charge >= 0.3 is 6.03 Å². The minimum absolute atomic E-state index is 0.132. The lowest BCUT2D eigenvalue weighted by Gasteiger charge is -2.27. The molecule has 2 rings (SSSR count). The number of aliphatic hydroxyl groups is 1. The van der Waals surface area contributed by atoms with Gasteiger partial charge in [0.05, 0.1) is 0 Å². The third kappa shape index (κ3) is 5.54. The van der Waals surface area contributed by atoms with Crippen LogP contribution in [-0.2, 0) is 5.75 Å². The molecule has 0 unspecified atom stereocenters. The topological polar surface area (TPSA) is 61.4 Å². The van der Waals surface area contributed by atoms with Crippen molar-refractivity contribution < 1.29 is 9.90 Å². The van der Waals surface area contributed by atoms with Crippen molar-refractivity contribution in [2.24, 2.45) is 5.92 Å². The molecular weight excluding hydrogens is 296 g/mol. The molecule has 1 aromatic rings. The first-order valence-corrected chi connectivity index (χ1v) is 9.21. The van der Waals surface area contributed by atoms with Crippen LogP contribution in [-0.4, -0.2) is 29.5 Å². The number of urea groups is 1. The van der Waals surface area contributed by atoms with E-state index < -0.39 is 0 Å². The van der Waals surface area contributed by atoms with Crippen molar-refractivity contribution in [3.05, 3.63) is 29.8 Å². The van der Waals surface area contributed by atoms with E-state index in [1.165, 1.54) is 5.56 Å². The minimum atomic E-state index is -0.132. The van der Waals surface area contributed by atoms with Gasteiger partial charge in [0.25, 0.3) is 0 Å². The number of carbonyl (C=O) groups is 1. The SMILES string of the molecule is CCSCc1cccc(NC(=O)NC2CCC(CO)CC2)c1. The van der Waals surface area contributed by atoms with Gasteiger partial charge in [-0.2, -0.15) is 11.8 Å². The van der Waals surface area contributed by atoms with Crippen LogP contribution in [0.15, 0.2) is 24.3 Å². The van der Waals surface area contributed by atoms with Crippen LogP contribution in [0.2, 0.25) is 0 Å². The molecule has 4 nitrogen and oxygen atoms in total. The van der Waals surface area contributed by atoms with Crippen LogP contribution in [0.4, 0.5) is 10.5 Å². The van der Waals surface area contributed by atoms with Gasteiger partial charge in [-0.1, -0.05) is 19.1 Å². The first kappa shape index (κ1) is 17.2. The number of nitrogens with one attached hydrogen (secondary N) is 2. The number of carbonyl (C=O) groups excluding carboxylic acids is 1. The summed E-state index contributed by atoms with van der Waals surface area (Å²) in [7, 11) is 0. The van der Waals surface area contributed by atoms with E-state index in [4.69, 9.17) is 5.11 Å². The van der Waals surface area contributed by atoms with Gasteiger partial charge in [-0.25, -0.2) is 4.79 Å². The maximum Gasteiger partial charge on any atom is 0.319 e. The Kier molecular flexibility index (Phi) is 7.06. The highest BCUT2D eigenvalue weighted by molar-refractivity contribution is 7.98. The first-order valence-electron chi connectivity index (χ1n) is 8.06. The largest absolute Gasteiger partial charge is 0.396 e. The molecule has 0 bridgehead atoms. The van der Waals surface area contributed by atoms with Crippen molar-refractivity contribution in [2.75, 3.05) is 17.7 Å². The summed E-state index contributed by atoms with van der Waals surface area (Å²) in [5, 5.41) is 15.1. The maximum atomic E-state index is 12.1.